The monoisotopic (exact) mass is 260 g/mol. The van der Waals surface area contributed by atoms with E-state index < -0.39 is 0 Å². The number of halogens is 1. The second kappa shape index (κ2) is 5.69. The minimum absolute atomic E-state index is 0.108. The van der Waals surface area contributed by atoms with Crippen LogP contribution in [0.25, 0.3) is 0 Å². The van der Waals surface area contributed by atoms with Gasteiger partial charge in [-0.2, -0.15) is 0 Å². The third-order valence-corrected chi connectivity index (χ3v) is 2.78. The first-order chi connectivity index (χ1) is 8.69. The molecule has 2 rings (SSSR count). The summed E-state index contributed by atoms with van der Waals surface area (Å²) >= 11 is 5.80. The molecule has 0 aromatic heterocycles. The molecule has 92 valence electrons. The van der Waals surface area contributed by atoms with Gasteiger partial charge in [-0.1, -0.05) is 30.7 Å². The lowest BCUT2D eigenvalue weighted by Crippen LogP contribution is -1.96. The molecule has 0 fully saturated rings. The average molecular weight is 261 g/mol. The standard InChI is InChI=1S/C15H13ClO2/c1-2-15(17)11-4-3-5-14(10-11)18-13-8-6-12(16)7-9-13/h3-10H,2H2,1H3. The summed E-state index contributed by atoms with van der Waals surface area (Å²) in [7, 11) is 0. The van der Waals surface area contributed by atoms with Crippen LogP contribution in [0.2, 0.25) is 5.02 Å². The normalized spacial score (nSPS) is 10.1. The largest absolute Gasteiger partial charge is 0.457 e. The predicted octanol–water partition coefficient (Wildman–Crippen LogP) is 4.73. The average Bonchev–Trinajstić information content (AvgIpc) is 2.41. The van der Waals surface area contributed by atoms with Gasteiger partial charge in [-0.25, -0.2) is 0 Å². The zero-order valence-corrected chi connectivity index (χ0v) is 10.8. The lowest BCUT2D eigenvalue weighted by molar-refractivity contribution is 0.0988. The second-order valence-electron chi connectivity index (χ2n) is 3.86. The van der Waals surface area contributed by atoms with Gasteiger partial charge in [0, 0.05) is 17.0 Å². The summed E-state index contributed by atoms with van der Waals surface area (Å²) in [5.74, 6) is 1.45. The summed E-state index contributed by atoms with van der Waals surface area (Å²) < 4.78 is 5.66. The van der Waals surface area contributed by atoms with Gasteiger partial charge >= 0.3 is 0 Å². The maximum absolute atomic E-state index is 11.6. The summed E-state index contributed by atoms with van der Waals surface area (Å²) in [5, 5.41) is 0.664. The lowest BCUT2D eigenvalue weighted by atomic mass is 10.1. The molecule has 0 atom stereocenters. The summed E-state index contributed by atoms with van der Waals surface area (Å²) in [6, 6.07) is 14.3. The van der Waals surface area contributed by atoms with Crippen molar-refractivity contribution in [1.29, 1.82) is 0 Å². The predicted molar refractivity (Wildman–Crippen MR) is 72.6 cm³/mol. The van der Waals surface area contributed by atoms with E-state index in [1.165, 1.54) is 0 Å². The van der Waals surface area contributed by atoms with Crippen molar-refractivity contribution >= 4 is 17.4 Å². The van der Waals surface area contributed by atoms with Gasteiger partial charge in [-0.15, -0.1) is 0 Å². The van der Waals surface area contributed by atoms with Crippen molar-refractivity contribution in [2.75, 3.05) is 0 Å². The maximum atomic E-state index is 11.6. The molecule has 0 heterocycles. The smallest absolute Gasteiger partial charge is 0.162 e. The quantitative estimate of drug-likeness (QED) is 0.743. The number of benzene rings is 2. The molecule has 0 saturated carbocycles. The molecule has 0 aliphatic rings. The molecule has 3 heteroatoms. The Labute approximate surface area is 111 Å². The zero-order chi connectivity index (χ0) is 13.0. The van der Waals surface area contributed by atoms with E-state index in [9.17, 15) is 4.79 Å². The van der Waals surface area contributed by atoms with E-state index in [1.807, 2.05) is 19.1 Å². The first kappa shape index (κ1) is 12.7. The van der Waals surface area contributed by atoms with Crippen LogP contribution in [0.1, 0.15) is 23.7 Å². The van der Waals surface area contributed by atoms with Crippen LogP contribution in [0.4, 0.5) is 0 Å². The molecule has 2 aromatic carbocycles. The molecule has 0 saturated heterocycles. The summed E-state index contributed by atoms with van der Waals surface area (Å²) in [4.78, 5) is 11.6. The highest BCUT2D eigenvalue weighted by Gasteiger charge is 2.04. The fourth-order valence-corrected chi connectivity index (χ4v) is 1.70. The topological polar surface area (TPSA) is 26.3 Å². The molecule has 0 N–H and O–H groups in total. The van der Waals surface area contributed by atoms with Gasteiger partial charge in [-0.3, -0.25) is 4.79 Å². The lowest BCUT2D eigenvalue weighted by Gasteiger charge is -2.07. The Kier molecular flexibility index (Phi) is 4.00. The van der Waals surface area contributed by atoms with E-state index in [-0.39, 0.29) is 5.78 Å². The number of carbonyl (C=O) groups excluding carboxylic acids is 1. The molecule has 0 radical (unpaired) electrons. The van der Waals surface area contributed by atoms with Crippen LogP contribution in [0.3, 0.4) is 0 Å². The highest BCUT2D eigenvalue weighted by molar-refractivity contribution is 6.30. The number of Topliss-reactive ketones (excluding diaryl/α,β-unsaturated/α-hetero) is 1. The van der Waals surface area contributed by atoms with Crippen molar-refractivity contribution in [3.8, 4) is 11.5 Å². The van der Waals surface area contributed by atoms with Gasteiger partial charge < -0.3 is 4.74 Å². The van der Waals surface area contributed by atoms with Crippen LogP contribution in [-0.2, 0) is 0 Å². The molecule has 0 amide bonds. The number of hydrogen-bond donors (Lipinski definition) is 0. The van der Waals surface area contributed by atoms with E-state index in [0.29, 0.717) is 28.5 Å². The van der Waals surface area contributed by atoms with Crippen molar-refractivity contribution in [3.05, 3.63) is 59.1 Å². The summed E-state index contributed by atoms with van der Waals surface area (Å²) in [5.41, 5.74) is 0.670. The van der Waals surface area contributed by atoms with Crippen molar-refractivity contribution in [2.45, 2.75) is 13.3 Å². The van der Waals surface area contributed by atoms with Crippen molar-refractivity contribution < 1.29 is 9.53 Å². The SMILES string of the molecule is CCC(=O)c1cccc(Oc2ccc(Cl)cc2)c1. The Morgan fingerprint density at radius 3 is 2.50 bits per heavy atom. The molecule has 18 heavy (non-hydrogen) atoms. The van der Waals surface area contributed by atoms with E-state index in [0.717, 1.165) is 0 Å². The van der Waals surface area contributed by atoms with Crippen molar-refractivity contribution in [2.24, 2.45) is 0 Å². The van der Waals surface area contributed by atoms with Gasteiger partial charge in [0.25, 0.3) is 0 Å². The van der Waals surface area contributed by atoms with Gasteiger partial charge in [0.1, 0.15) is 11.5 Å². The van der Waals surface area contributed by atoms with Crippen LogP contribution in [0, 0.1) is 0 Å². The minimum atomic E-state index is 0.108. The fraction of sp³-hybridized carbons (Fsp3) is 0.133. The molecule has 0 spiro atoms. The number of rotatable bonds is 4. The Balaban J connectivity index is 2.19. The summed E-state index contributed by atoms with van der Waals surface area (Å²) in [6.45, 7) is 1.84. The van der Waals surface area contributed by atoms with Crippen LogP contribution in [0.5, 0.6) is 11.5 Å². The van der Waals surface area contributed by atoms with Crippen LogP contribution in [-0.4, -0.2) is 5.78 Å². The highest BCUT2D eigenvalue weighted by atomic mass is 35.5. The first-order valence-electron chi connectivity index (χ1n) is 5.75. The highest BCUT2D eigenvalue weighted by Crippen LogP contribution is 2.24. The molecule has 0 bridgehead atoms. The zero-order valence-electron chi connectivity index (χ0n) is 10.0. The van der Waals surface area contributed by atoms with E-state index in [4.69, 9.17) is 16.3 Å². The maximum Gasteiger partial charge on any atom is 0.162 e. The van der Waals surface area contributed by atoms with Crippen LogP contribution >= 0.6 is 11.6 Å². The first-order valence-corrected chi connectivity index (χ1v) is 6.13. The van der Waals surface area contributed by atoms with Gasteiger partial charge in [0.2, 0.25) is 0 Å². The van der Waals surface area contributed by atoms with E-state index in [1.54, 1.807) is 36.4 Å². The Morgan fingerprint density at radius 1 is 1.11 bits per heavy atom. The fourth-order valence-electron chi connectivity index (χ4n) is 1.58. The molecular weight excluding hydrogens is 248 g/mol. The number of carbonyl (C=O) groups is 1. The molecule has 0 aliphatic carbocycles. The third-order valence-electron chi connectivity index (χ3n) is 2.53. The molecule has 0 aliphatic heterocycles. The van der Waals surface area contributed by atoms with E-state index in [2.05, 4.69) is 0 Å². The van der Waals surface area contributed by atoms with Gasteiger partial charge in [0.15, 0.2) is 5.78 Å². The molecule has 2 aromatic rings. The number of hydrogen-bond acceptors (Lipinski definition) is 2. The molecule has 0 unspecified atom stereocenters. The van der Waals surface area contributed by atoms with Gasteiger partial charge in [0.05, 0.1) is 0 Å². The minimum Gasteiger partial charge on any atom is -0.457 e. The van der Waals surface area contributed by atoms with Crippen LogP contribution in [0.15, 0.2) is 48.5 Å². The Bertz CT molecular complexity index is 547. The second-order valence-corrected chi connectivity index (χ2v) is 4.30. The number of ether oxygens (including phenoxy) is 1. The van der Waals surface area contributed by atoms with Crippen molar-refractivity contribution in [1.82, 2.24) is 0 Å². The molecular formula is C15H13ClO2. The van der Waals surface area contributed by atoms with Gasteiger partial charge in [-0.05, 0) is 36.4 Å². The van der Waals surface area contributed by atoms with Crippen molar-refractivity contribution in [3.63, 3.8) is 0 Å². The summed E-state index contributed by atoms with van der Waals surface area (Å²) in [6.07, 6.45) is 0.490. The molecule has 2 nitrogen and oxygen atoms in total. The van der Waals surface area contributed by atoms with Crippen LogP contribution < -0.4 is 4.74 Å². The number of ketones is 1. The third kappa shape index (κ3) is 3.11. The Morgan fingerprint density at radius 2 is 1.83 bits per heavy atom. The van der Waals surface area contributed by atoms with E-state index >= 15 is 0 Å². The Hall–Kier alpha value is -1.80.